The van der Waals surface area contributed by atoms with Crippen LogP contribution in [0.25, 0.3) is 10.9 Å². The lowest BCUT2D eigenvalue weighted by molar-refractivity contribution is 0.0340. The molecule has 2 aromatic carbocycles. The molecular formula is C22H24N4O2. The van der Waals surface area contributed by atoms with E-state index < -0.39 is 0 Å². The van der Waals surface area contributed by atoms with Crippen LogP contribution in [0.3, 0.4) is 0 Å². The zero-order valence-corrected chi connectivity index (χ0v) is 15.7. The highest BCUT2D eigenvalue weighted by molar-refractivity contribution is 5.99. The number of hydrogen-bond donors (Lipinski definition) is 2. The third-order valence-electron chi connectivity index (χ3n) is 4.93. The van der Waals surface area contributed by atoms with Gasteiger partial charge in [0.25, 0.3) is 0 Å². The number of pyridine rings is 1. The van der Waals surface area contributed by atoms with Crippen molar-refractivity contribution < 1.29 is 9.53 Å². The predicted octanol–water partition coefficient (Wildman–Crippen LogP) is 3.43. The summed E-state index contributed by atoms with van der Waals surface area (Å²) in [6, 6.07) is 19.4. The zero-order chi connectivity index (χ0) is 19.2. The Morgan fingerprint density at radius 2 is 1.82 bits per heavy atom. The smallest absolute Gasteiger partial charge is 0.319 e. The molecule has 3 aromatic rings. The van der Waals surface area contributed by atoms with Gasteiger partial charge in [-0.15, -0.1) is 0 Å². The Labute approximate surface area is 164 Å². The summed E-state index contributed by atoms with van der Waals surface area (Å²) in [6.07, 6.45) is 1.73. The highest BCUT2D eigenvalue weighted by Gasteiger charge is 2.20. The number of urea groups is 1. The number of nitrogens with zero attached hydrogens (tertiary/aromatic N) is 2. The molecule has 2 N–H and O–H groups in total. The molecule has 2 heterocycles. The van der Waals surface area contributed by atoms with E-state index in [1.54, 1.807) is 6.20 Å². The number of aromatic nitrogens is 1. The van der Waals surface area contributed by atoms with E-state index in [-0.39, 0.29) is 12.1 Å². The Morgan fingerprint density at radius 3 is 2.64 bits per heavy atom. The Kier molecular flexibility index (Phi) is 5.80. The number of carbonyl (C=O) groups is 1. The first-order valence-electron chi connectivity index (χ1n) is 9.56. The van der Waals surface area contributed by atoms with Crippen LogP contribution in [0, 0.1) is 0 Å². The fraction of sp³-hybridized carbons (Fsp3) is 0.273. The summed E-state index contributed by atoms with van der Waals surface area (Å²) >= 11 is 0. The van der Waals surface area contributed by atoms with E-state index in [1.165, 1.54) is 0 Å². The van der Waals surface area contributed by atoms with Crippen molar-refractivity contribution in [3.05, 3.63) is 72.4 Å². The molecule has 1 fully saturated rings. The molecule has 0 bridgehead atoms. The van der Waals surface area contributed by atoms with Crippen LogP contribution in [0.15, 0.2) is 66.9 Å². The lowest BCUT2D eigenvalue weighted by Gasteiger charge is -2.31. The van der Waals surface area contributed by atoms with Gasteiger partial charge in [-0.2, -0.15) is 0 Å². The van der Waals surface area contributed by atoms with Gasteiger partial charge in [0.1, 0.15) is 0 Å². The van der Waals surface area contributed by atoms with Crippen molar-refractivity contribution in [1.29, 1.82) is 0 Å². The number of fused-ring (bicyclic) bond motifs is 1. The largest absolute Gasteiger partial charge is 0.379 e. The molecule has 4 rings (SSSR count). The van der Waals surface area contributed by atoms with Crippen LogP contribution in [0.1, 0.15) is 11.6 Å². The van der Waals surface area contributed by atoms with Gasteiger partial charge in [0.15, 0.2) is 0 Å². The maximum Gasteiger partial charge on any atom is 0.319 e. The molecule has 28 heavy (non-hydrogen) atoms. The Morgan fingerprint density at radius 1 is 1.04 bits per heavy atom. The number of para-hydroxylation sites is 1. The van der Waals surface area contributed by atoms with Crippen LogP contribution in [0.5, 0.6) is 0 Å². The van der Waals surface area contributed by atoms with Gasteiger partial charge in [-0.1, -0.05) is 48.5 Å². The molecule has 1 unspecified atom stereocenters. The van der Waals surface area contributed by atoms with Crippen LogP contribution >= 0.6 is 0 Å². The molecule has 1 saturated heterocycles. The van der Waals surface area contributed by atoms with Crippen LogP contribution in [-0.2, 0) is 4.74 Å². The second kappa shape index (κ2) is 8.82. The Bertz CT molecular complexity index is 921. The van der Waals surface area contributed by atoms with Gasteiger partial charge in [-0.3, -0.25) is 9.88 Å². The second-order valence-electron chi connectivity index (χ2n) is 6.86. The normalized spacial score (nSPS) is 15.9. The van der Waals surface area contributed by atoms with Gasteiger partial charge in [0, 0.05) is 31.2 Å². The Hall–Kier alpha value is -2.96. The third kappa shape index (κ3) is 4.47. The van der Waals surface area contributed by atoms with Gasteiger partial charge in [0.05, 0.1) is 30.5 Å². The van der Waals surface area contributed by atoms with E-state index in [1.807, 2.05) is 60.7 Å². The number of benzene rings is 2. The highest BCUT2D eigenvalue weighted by atomic mass is 16.5. The molecule has 0 aliphatic carbocycles. The van der Waals surface area contributed by atoms with E-state index in [9.17, 15) is 4.79 Å². The second-order valence-corrected chi connectivity index (χ2v) is 6.86. The van der Waals surface area contributed by atoms with E-state index in [2.05, 4.69) is 20.5 Å². The van der Waals surface area contributed by atoms with E-state index in [0.717, 1.165) is 49.3 Å². The summed E-state index contributed by atoms with van der Waals surface area (Å²) in [5, 5.41) is 7.09. The maximum atomic E-state index is 12.8. The Balaban J connectivity index is 1.49. The van der Waals surface area contributed by atoms with Crippen LogP contribution in [0.4, 0.5) is 10.5 Å². The average Bonchev–Trinajstić information content (AvgIpc) is 2.75. The number of carbonyl (C=O) groups excluding carboxylic acids is 1. The number of hydrogen-bond acceptors (Lipinski definition) is 4. The molecule has 6 nitrogen and oxygen atoms in total. The van der Waals surface area contributed by atoms with Crippen LogP contribution in [-0.4, -0.2) is 48.8 Å². The lowest BCUT2D eigenvalue weighted by Crippen LogP contribution is -2.44. The third-order valence-corrected chi connectivity index (χ3v) is 4.93. The van der Waals surface area contributed by atoms with Crippen molar-refractivity contribution in [3.8, 4) is 0 Å². The first kappa shape index (κ1) is 18.4. The van der Waals surface area contributed by atoms with E-state index in [4.69, 9.17) is 4.74 Å². The summed E-state index contributed by atoms with van der Waals surface area (Å²) < 4.78 is 5.44. The lowest BCUT2D eigenvalue weighted by atomic mass is 10.1. The average molecular weight is 376 g/mol. The summed E-state index contributed by atoms with van der Waals surface area (Å²) in [6.45, 7) is 3.96. The van der Waals surface area contributed by atoms with Gasteiger partial charge < -0.3 is 15.4 Å². The first-order chi connectivity index (χ1) is 13.8. The molecule has 1 aliphatic heterocycles. The fourth-order valence-electron chi connectivity index (χ4n) is 3.48. The minimum Gasteiger partial charge on any atom is -0.379 e. The van der Waals surface area contributed by atoms with Crippen molar-refractivity contribution in [2.75, 3.05) is 38.2 Å². The summed E-state index contributed by atoms with van der Waals surface area (Å²) in [7, 11) is 0. The topological polar surface area (TPSA) is 66.5 Å². The van der Waals surface area contributed by atoms with Gasteiger partial charge in [0.2, 0.25) is 0 Å². The predicted molar refractivity (Wildman–Crippen MR) is 110 cm³/mol. The number of nitrogens with one attached hydrogen (secondary N) is 2. The monoisotopic (exact) mass is 376 g/mol. The number of ether oxygens (including phenoxy) is 1. The van der Waals surface area contributed by atoms with Crippen molar-refractivity contribution in [2.24, 2.45) is 0 Å². The molecule has 1 aromatic heterocycles. The number of amides is 2. The van der Waals surface area contributed by atoms with Crippen molar-refractivity contribution in [1.82, 2.24) is 15.2 Å². The fourth-order valence-corrected chi connectivity index (χ4v) is 3.48. The molecule has 0 radical (unpaired) electrons. The molecule has 2 amide bonds. The molecule has 6 heteroatoms. The van der Waals surface area contributed by atoms with Crippen molar-refractivity contribution in [2.45, 2.75) is 6.04 Å². The maximum absolute atomic E-state index is 12.8. The first-order valence-corrected chi connectivity index (χ1v) is 9.56. The van der Waals surface area contributed by atoms with Gasteiger partial charge in [-0.05, 0) is 17.7 Å². The van der Waals surface area contributed by atoms with E-state index in [0.29, 0.717) is 5.69 Å². The van der Waals surface area contributed by atoms with Gasteiger partial charge >= 0.3 is 6.03 Å². The molecule has 0 spiro atoms. The number of anilines is 1. The number of rotatable bonds is 5. The molecule has 1 aliphatic rings. The van der Waals surface area contributed by atoms with Crippen molar-refractivity contribution >= 4 is 22.6 Å². The SMILES string of the molecule is O=C(Nc1cccc2cccnc12)NC(CN1CCOCC1)c1ccccc1. The van der Waals surface area contributed by atoms with Gasteiger partial charge in [-0.25, -0.2) is 4.79 Å². The quantitative estimate of drug-likeness (QED) is 0.716. The van der Waals surface area contributed by atoms with Crippen molar-refractivity contribution in [3.63, 3.8) is 0 Å². The highest BCUT2D eigenvalue weighted by Crippen LogP contribution is 2.21. The zero-order valence-electron chi connectivity index (χ0n) is 15.7. The van der Waals surface area contributed by atoms with E-state index >= 15 is 0 Å². The molecule has 1 atom stereocenters. The number of morpholine rings is 1. The standard InChI is InChI=1S/C22H24N4O2/c27-22(24-19-10-4-8-18-9-5-11-23-21(18)19)25-20(17-6-2-1-3-7-17)16-26-12-14-28-15-13-26/h1-11,20H,12-16H2,(H2,24,25,27). The minimum atomic E-state index is -0.236. The summed E-state index contributed by atoms with van der Waals surface area (Å²) in [4.78, 5) is 19.5. The summed E-state index contributed by atoms with van der Waals surface area (Å²) in [5.74, 6) is 0. The van der Waals surface area contributed by atoms with Crippen LogP contribution in [0.2, 0.25) is 0 Å². The summed E-state index contributed by atoms with van der Waals surface area (Å²) in [5.41, 5.74) is 2.57. The molecule has 144 valence electrons. The van der Waals surface area contributed by atoms with Crippen LogP contribution < -0.4 is 10.6 Å². The minimum absolute atomic E-state index is 0.109. The molecule has 0 saturated carbocycles. The molecular weight excluding hydrogens is 352 g/mol.